The van der Waals surface area contributed by atoms with Gasteiger partial charge in [-0.2, -0.15) is 5.26 Å². The molecule has 0 aliphatic heterocycles. The van der Waals surface area contributed by atoms with Crippen molar-refractivity contribution in [3.63, 3.8) is 0 Å². The van der Waals surface area contributed by atoms with Crippen LogP contribution in [0.15, 0.2) is 36.4 Å². The van der Waals surface area contributed by atoms with Gasteiger partial charge in [0.2, 0.25) is 0 Å². The number of hydrogen-bond acceptors (Lipinski definition) is 6. The molecule has 29 heavy (non-hydrogen) atoms. The molecule has 9 heteroatoms. The maximum atomic E-state index is 12.7. The van der Waals surface area contributed by atoms with Crippen LogP contribution in [0.1, 0.15) is 27.9 Å². The van der Waals surface area contributed by atoms with E-state index in [0.29, 0.717) is 5.69 Å². The zero-order valence-corrected chi connectivity index (χ0v) is 16.6. The van der Waals surface area contributed by atoms with E-state index < -0.39 is 29.1 Å². The van der Waals surface area contributed by atoms with E-state index in [9.17, 15) is 19.7 Å². The van der Waals surface area contributed by atoms with E-state index in [-0.39, 0.29) is 23.6 Å². The van der Waals surface area contributed by atoms with E-state index in [1.807, 2.05) is 26.0 Å². The Labute approximate surface area is 172 Å². The lowest BCUT2D eigenvalue weighted by molar-refractivity contribution is -0.385. The first kappa shape index (κ1) is 21.9. The molecule has 1 amide bonds. The smallest absolute Gasteiger partial charge is 0.345 e. The molecule has 150 valence electrons. The van der Waals surface area contributed by atoms with Crippen LogP contribution in [-0.2, 0) is 9.53 Å². The van der Waals surface area contributed by atoms with Crippen molar-refractivity contribution in [2.75, 3.05) is 18.1 Å². The summed E-state index contributed by atoms with van der Waals surface area (Å²) >= 11 is 5.73. The molecule has 0 N–H and O–H groups in total. The lowest BCUT2D eigenvalue weighted by Crippen LogP contribution is -2.35. The highest BCUT2D eigenvalue weighted by Crippen LogP contribution is 2.24. The number of amides is 1. The Balaban J connectivity index is 2.19. The molecule has 2 aromatic carbocycles. The molecule has 0 aliphatic rings. The molecule has 0 atom stereocenters. The van der Waals surface area contributed by atoms with E-state index in [1.54, 1.807) is 12.1 Å². The molecule has 0 aromatic heterocycles. The molecule has 0 saturated carbocycles. The van der Waals surface area contributed by atoms with Crippen molar-refractivity contribution in [2.24, 2.45) is 0 Å². The number of benzene rings is 2. The predicted molar refractivity (Wildman–Crippen MR) is 107 cm³/mol. The van der Waals surface area contributed by atoms with Crippen LogP contribution >= 0.6 is 11.6 Å². The SMILES string of the molecule is Cc1cc(C)cc(N(CCC#N)C(=O)COC(=O)c2ccc(Cl)cc2[N+](=O)[O-])c1. The maximum Gasteiger partial charge on any atom is 0.345 e. The maximum absolute atomic E-state index is 12.7. The fraction of sp³-hybridized carbons (Fsp3) is 0.250. The van der Waals surface area contributed by atoms with E-state index >= 15 is 0 Å². The van der Waals surface area contributed by atoms with Crippen molar-refractivity contribution in [3.05, 3.63) is 68.2 Å². The standard InChI is InChI=1S/C20H18ClN3O5/c1-13-8-14(2)10-16(9-13)23(7-3-6-22)19(25)12-29-20(26)17-5-4-15(21)11-18(17)24(27)28/h4-5,8-11H,3,7,12H2,1-2H3. The number of nitro benzene ring substituents is 1. The minimum atomic E-state index is -1.01. The summed E-state index contributed by atoms with van der Waals surface area (Å²) in [5.74, 6) is -1.56. The van der Waals surface area contributed by atoms with Crippen molar-refractivity contribution in [1.82, 2.24) is 0 Å². The fourth-order valence-corrected chi connectivity index (χ4v) is 2.94. The van der Waals surface area contributed by atoms with Gasteiger partial charge in [-0.25, -0.2) is 4.79 Å². The molecule has 0 radical (unpaired) electrons. The summed E-state index contributed by atoms with van der Waals surface area (Å²) < 4.78 is 5.00. The summed E-state index contributed by atoms with van der Waals surface area (Å²) in [6.45, 7) is 3.25. The topological polar surface area (TPSA) is 114 Å². The van der Waals surface area contributed by atoms with Crippen molar-refractivity contribution in [1.29, 1.82) is 5.26 Å². The summed E-state index contributed by atoms with van der Waals surface area (Å²) in [5, 5.41) is 20.1. The van der Waals surface area contributed by atoms with E-state index in [2.05, 4.69) is 0 Å². The first-order chi connectivity index (χ1) is 13.7. The second-order valence-corrected chi connectivity index (χ2v) is 6.73. The molecule has 0 unspecified atom stereocenters. The number of rotatable bonds is 7. The number of nitriles is 1. The molecule has 2 rings (SSSR count). The van der Waals surface area contributed by atoms with Gasteiger partial charge in [0.1, 0.15) is 5.56 Å². The molecule has 8 nitrogen and oxygen atoms in total. The predicted octanol–water partition coefficient (Wildman–Crippen LogP) is 3.97. The van der Waals surface area contributed by atoms with Crippen LogP contribution in [0, 0.1) is 35.3 Å². The minimum Gasteiger partial charge on any atom is -0.452 e. The van der Waals surface area contributed by atoms with Gasteiger partial charge in [0.15, 0.2) is 6.61 Å². The summed E-state index contributed by atoms with van der Waals surface area (Å²) in [5.41, 5.74) is 1.64. The van der Waals surface area contributed by atoms with Crippen LogP contribution < -0.4 is 4.90 Å². The van der Waals surface area contributed by atoms with E-state index in [4.69, 9.17) is 21.6 Å². The van der Waals surface area contributed by atoms with Gasteiger partial charge in [-0.05, 0) is 49.2 Å². The zero-order valence-electron chi connectivity index (χ0n) is 15.8. The molecule has 2 aromatic rings. The Bertz CT molecular complexity index is 980. The van der Waals surface area contributed by atoms with Crippen LogP contribution in [0.5, 0.6) is 0 Å². The molecule has 0 fully saturated rings. The van der Waals surface area contributed by atoms with Crippen LogP contribution in [0.25, 0.3) is 0 Å². The van der Waals surface area contributed by atoms with Crippen LogP contribution in [0.2, 0.25) is 5.02 Å². The third kappa shape index (κ3) is 5.77. The molecule has 0 bridgehead atoms. The number of halogens is 1. The highest BCUT2D eigenvalue weighted by atomic mass is 35.5. The molecular formula is C20H18ClN3O5. The third-order valence-corrected chi connectivity index (χ3v) is 4.20. The Morgan fingerprint density at radius 2 is 1.86 bits per heavy atom. The van der Waals surface area contributed by atoms with Gasteiger partial charge >= 0.3 is 5.97 Å². The minimum absolute atomic E-state index is 0.0926. The van der Waals surface area contributed by atoms with Gasteiger partial charge in [0, 0.05) is 23.3 Å². The van der Waals surface area contributed by atoms with Gasteiger partial charge in [-0.3, -0.25) is 14.9 Å². The molecule has 0 aliphatic carbocycles. The normalized spacial score (nSPS) is 10.1. The largest absolute Gasteiger partial charge is 0.452 e. The van der Waals surface area contributed by atoms with E-state index in [1.165, 1.54) is 17.0 Å². The number of aryl methyl sites for hydroxylation is 2. The molecular weight excluding hydrogens is 398 g/mol. The quantitative estimate of drug-likeness (QED) is 0.384. The summed E-state index contributed by atoms with van der Waals surface area (Å²) in [4.78, 5) is 36.7. The highest BCUT2D eigenvalue weighted by Gasteiger charge is 2.24. The first-order valence-corrected chi connectivity index (χ1v) is 8.97. The number of nitro groups is 1. The second kappa shape index (κ2) is 9.66. The number of nitrogens with zero attached hydrogens (tertiary/aromatic N) is 3. The monoisotopic (exact) mass is 415 g/mol. The average Bonchev–Trinajstić information content (AvgIpc) is 2.65. The van der Waals surface area contributed by atoms with Gasteiger partial charge in [0.25, 0.3) is 11.6 Å². The summed E-state index contributed by atoms with van der Waals surface area (Å²) in [6.07, 6.45) is 0.0926. The van der Waals surface area contributed by atoms with Crippen molar-refractivity contribution in [2.45, 2.75) is 20.3 Å². The third-order valence-electron chi connectivity index (χ3n) is 3.97. The van der Waals surface area contributed by atoms with Crippen LogP contribution in [0.3, 0.4) is 0 Å². The molecule has 0 spiro atoms. The Kier molecular flexibility index (Phi) is 7.28. The van der Waals surface area contributed by atoms with Gasteiger partial charge in [0.05, 0.1) is 17.4 Å². The Hall–Kier alpha value is -3.44. The second-order valence-electron chi connectivity index (χ2n) is 6.29. The summed E-state index contributed by atoms with van der Waals surface area (Å²) in [6, 6.07) is 11.0. The lowest BCUT2D eigenvalue weighted by atomic mass is 10.1. The fourth-order valence-electron chi connectivity index (χ4n) is 2.78. The van der Waals surface area contributed by atoms with Gasteiger partial charge in [-0.1, -0.05) is 17.7 Å². The number of carbonyl (C=O) groups is 2. The van der Waals surface area contributed by atoms with Gasteiger partial charge in [-0.15, -0.1) is 0 Å². The molecule has 0 saturated heterocycles. The number of hydrogen-bond donors (Lipinski definition) is 0. The van der Waals surface area contributed by atoms with E-state index in [0.717, 1.165) is 17.2 Å². The van der Waals surface area contributed by atoms with Gasteiger partial charge < -0.3 is 9.64 Å². The summed E-state index contributed by atoms with van der Waals surface area (Å²) in [7, 11) is 0. The zero-order chi connectivity index (χ0) is 21.6. The van der Waals surface area contributed by atoms with Crippen molar-refractivity contribution < 1.29 is 19.2 Å². The number of carbonyl (C=O) groups excluding carboxylic acids is 2. The molecule has 0 heterocycles. The number of ether oxygens (including phenoxy) is 1. The number of esters is 1. The Morgan fingerprint density at radius 3 is 2.45 bits per heavy atom. The number of anilines is 1. The van der Waals surface area contributed by atoms with Crippen LogP contribution in [-0.4, -0.2) is 30.0 Å². The van der Waals surface area contributed by atoms with Crippen molar-refractivity contribution >= 4 is 34.9 Å². The van der Waals surface area contributed by atoms with Crippen molar-refractivity contribution in [3.8, 4) is 6.07 Å². The van der Waals surface area contributed by atoms with Crippen LogP contribution in [0.4, 0.5) is 11.4 Å². The highest BCUT2D eigenvalue weighted by molar-refractivity contribution is 6.31. The first-order valence-electron chi connectivity index (χ1n) is 8.59. The Morgan fingerprint density at radius 1 is 1.21 bits per heavy atom. The lowest BCUT2D eigenvalue weighted by Gasteiger charge is -2.22. The average molecular weight is 416 g/mol.